The predicted octanol–water partition coefficient (Wildman–Crippen LogP) is 4.08. The van der Waals surface area contributed by atoms with Crippen molar-refractivity contribution in [3.05, 3.63) is 53.1 Å². The Bertz CT molecular complexity index is 449. The molecule has 0 saturated heterocycles. The maximum Gasteiger partial charge on any atom is 0.181 e. The minimum Gasteiger partial charge on any atom is -0.290 e. The van der Waals surface area contributed by atoms with Crippen molar-refractivity contribution in [1.29, 1.82) is 0 Å². The highest BCUT2D eigenvalue weighted by molar-refractivity contribution is 6.06. The maximum absolute atomic E-state index is 11.9. The molecule has 0 radical (unpaired) electrons. The molecule has 0 spiro atoms. The Kier molecular flexibility index (Phi) is 3.92. The van der Waals surface area contributed by atoms with Gasteiger partial charge in [0.25, 0.3) is 0 Å². The summed E-state index contributed by atoms with van der Waals surface area (Å²) in [6.07, 6.45) is 10.1. The SMILES string of the molecule is Cc1ccc(C=CC(=O)C2=CCCCC2)cc1. The summed E-state index contributed by atoms with van der Waals surface area (Å²) >= 11 is 0. The van der Waals surface area contributed by atoms with E-state index in [9.17, 15) is 4.79 Å². The zero-order valence-electron chi connectivity index (χ0n) is 10.3. The van der Waals surface area contributed by atoms with E-state index in [1.165, 1.54) is 12.0 Å². The van der Waals surface area contributed by atoms with E-state index in [1.807, 2.05) is 18.2 Å². The molecule has 1 aliphatic rings. The lowest BCUT2D eigenvalue weighted by molar-refractivity contribution is -0.111. The van der Waals surface area contributed by atoms with Gasteiger partial charge in [-0.15, -0.1) is 0 Å². The van der Waals surface area contributed by atoms with Crippen molar-refractivity contribution in [3.63, 3.8) is 0 Å². The highest BCUT2D eigenvalue weighted by Crippen LogP contribution is 2.18. The average Bonchev–Trinajstić information content (AvgIpc) is 2.39. The van der Waals surface area contributed by atoms with Gasteiger partial charge in [-0.3, -0.25) is 4.79 Å². The number of aryl methyl sites for hydroxylation is 1. The molecule has 0 fully saturated rings. The van der Waals surface area contributed by atoms with Gasteiger partial charge in [-0.25, -0.2) is 0 Å². The smallest absolute Gasteiger partial charge is 0.181 e. The molecular weight excluding hydrogens is 208 g/mol. The van der Waals surface area contributed by atoms with Crippen molar-refractivity contribution in [2.75, 3.05) is 0 Å². The predicted molar refractivity (Wildman–Crippen MR) is 71.8 cm³/mol. The summed E-state index contributed by atoms with van der Waals surface area (Å²) in [4.78, 5) is 11.9. The van der Waals surface area contributed by atoms with E-state index in [1.54, 1.807) is 6.08 Å². The highest BCUT2D eigenvalue weighted by Gasteiger charge is 2.08. The number of hydrogen-bond acceptors (Lipinski definition) is 1. The molecule has 1 nitrogen and oxygen atoms in total. The molecule has 0 unspecified atom stereocenters. The van der Waals surface area contributed by atoms with Crippen LogP contribution in [0.25, 0.3) is 6.08 Å². The molecule has 0 heterocycles. The molecule has 2 rings (SSSR count). The first-order valence-electron chi connectivity index (χ1n) is 6.24. The van der Waals surface area contributed by atoms with E-state index in [4.69, 9.17) is 0 Å². The van der Waals surface area contributed by atoms with Crippen molar-refractivity contribution < 1.29 is 4.79 Å². The topological polar surface area (TPSA) is 17.1 Å². The molecule has 1 aliphatic carbocycles. The number of carbonyl (C=O) groups is 1. The second-order valence-corrected chi connectivity index (χ2v) is 4.58. The third-order valence-electron chi connectivity index (χ3n) is 3.11. The molecule has 0 aromatic heterocycles. The van der Waals surface area contributed by atoms with Crippen molar-refractivity contribution >= 4 is 11.9 Å². The molecule has 1 aromatic rings. The number of ketones is 1. The van der Waals surface area contributed by atoms with Gasteiger partial charge in [0.15, 0.2) is 5.78 Å². The Morgan fingerprint density at radius 3 is 2.59 bits per heavy atom. The van der Waals surface area contributed by atoms with Crippen LogP contribution in [-0.2, 0) is 4.79 Å². The first-order chi connectivity index (χ1) is 8.25. The van der Waals surface area contributed by atoms with E-state index in [2.05, 4.69) is 25.1 Å². The number of allylic oxidation sites excluding steroid dienone is 3. The van der Waals surface area contributed by atoms with Crippen LogP contribution in [-0.4, -0.2) is 5.78 Å². The molecule has 0 bridgehead atoms. The van der Waals surface area contributed by atoms with Gasteiger partial charge in [0.05, 0.1) is 0 Å². The molecule has 88 valence electrons. The Morgan fingerprint density at radius 1 is 1.18 bits per heavy atom. The van der Waals surface area contributed by atoms with Crippen LogP contribution in [0, 0.1) is 6.92 Å². The summed E-state index contributed by atoms with van der Waals surface area (Å²) in [6.45, 7) is 2.06. The second-order valence-electron chi connectivity index (χ2n) is 4.58. The lowest BCUT2D eigenvalue weighted by atomic mass is 9.96. The van der Waals surface area contributed by atoms with Gasteiger partial charge in [-0.1, -0.05) is 42.0 Å². The second kappa shape index (κ2) is 5.62. The largest absolute Gasteiger partial charge is 0.290 e. The zero-order chi connectivity index (χ0) is 12.1. The minimum absolute atomic E-state index is 0.172. The number of rotatable bonds is 3. The lowest BCUT2D eigenvalue weighted by Gasteiger charge is -2.08. The van der Waals surface area contributed by atoms with Crippen LogP contribution in [0.3, 0.4) is 0 Å². The molecule has 0 N–H and O–H groups in total. The quantitative estimate of drug-likeness (QED) is 0.710. The molecule has 0 aliphatic heterocycles. The minimum atomic E-state index is 0.172. The molecular formula is C16H18O. The van der Waals surface area contributed by atoms with E-state index >= 15 is 0 Å². The van der Waals surface area contributed by atoms with Crippen molar-refractivity contribution in [3.8, 4) is 0 Å². The summed E-state index contributed by atoms with van der Waals surface area (Å²) in [6, 6.07) is 8.19. The molecule has 0 atom stereocenters. The number of carbonyl (C=O) groups excluding carboxylic acids is 1. The number of hydrogen-bond donors (Lipinski definition) is 0. The first kappa shape index (κ1) is 11.8. The van der Waals surface area contributed by atoms with Crippen molar-refractivity contribution in [2.45, 2.75) is 32.6 Å². The third kappa shape index (κ3) is 3.42. The highest BCUT2D eigenvalue weighted by atomic mass is 16.1. The van der Waals surface area contributed by atoms with Gasteiger partial charge >= 0.3 is 0 Å². The van der Waals surface area contributed by atoms with Gasteiger partial charge in [0, 0.05) is 0 Å². The first-order valence-corrected chi connectivity index (χ1v) is 6.24. The van der Waals surface area contributed by atoms with Crippen LogP contribution in [0.4, 0.5) is 0 Å². The van der Waals surface area contributed by atoms with Gasteiger partial charge in [-0.05, 0) is 49.8 Å². The number of benzene rings is 1. The summed E-state index contributed by atoms with van der Waals surface area (Å²) in [7, 11) is 0. The third-order valence-corrected chi connectivity index (χ3v) is 3.11. The molecule has 0 amide bonds. The van der Waals surface area contributed by atoms with Gasteiger partial charge in [-0.2, -0.15) is 0 Å². The van der Waals surface area contributed by atoms with E-state index in [-0.39, 0.29) is 5.78 Å². The molecule has 1 aromatic carbocycles. The average molecular weight is 226 g/mol. The molecule has 1 heteroatoms. The summed E-state index contributed by atoms with van der Waals surface area (Å²) < 4.78 is 0. The van der Waals surface area contributed by atoms with Crippen LogP contribution in [0.15, 0.2) is 42.0 Å². The van der Waals surface area contributed by atoms with E-state index < -0.39 is 0 Å². The summed E-state index contributed by atoms with van der Waals surface area (Å²) in [5.74, 6) is 0.172. The Balaban J connectivity index is 2.02. The van der Waals surface area contributed by atoms with Gasteiger partial charge < -0.3 is 0 Å². The van der Waals surface area contributed by atoms with Crippen LogP contribution in [0.1, 0.15) is 36.8 Å². The van der Waals surface area contributed by atoms with E-state index in [0.717, 1.165) is 30.4 Å². The normalized spacial score (nSPS) is 15.9. The van der Waals surface area contributed by atoms with Crippen molar-refractivity contribution in [1.82, 2.24) is 0 Å². The summed E-state index contributed by atoms with van der Waals surface area (Å²) in [5, 5.41) is 0. The van der Waals surface area contributed by atoms with Crippen LogP contribution in [0.5, 0.6) is 0 Å². The van der Waals surface area contributed by atoms with Crippen molar-refractivity contribution in [2.24, 2.45) is 0 Å². The standard InChI is InChI=1S/C16H18O/c1-13-7-9-14(10-8-13)11-12-16(17)15-5-3-2-4-6-15/h5,7-12H,2-4,6H2,1H3. The Morgan fingerprint density at radius 2 is 1.94 bits per heavy atom. The molecule has 0 saturated carbocycles. The monoisotopic (exact) mass is 226 g/mol. The Hall–Kier alpha value is -1.63. The lowest BCUT2D eigenvalue weighted by Crippen LogP contribution is -2.02. The zero-order valence-corrected chi connectivity index (χ0v) is 10.3. The van der Waals surface area contributed by atoms with Crippen LogP contribution >= 0.6 is 0 Å². The Labute approximate surface area is 103 Å². The van der Waals surface area contributed by atoms with E-state index in [0.29, 0.717) is 0 Å². The van der Waals surface area contributed by atoms with Gasteiger partial charge in [0.2, 0.25) is 0 Å². The maximum atomic E-state index is 11.9. The van der Waals surface area contributed by atoms with Gasteiger partial charge in [0.1, 0.15) is 0 Å². The van der Waals surface area contributed by atoms with Crippen LogP contribution in [0.2, 0.25) is 0 Å². The fourth-order valence-corrected chi connectivity index (χ4v) is 2.02. The molecule has 17 heavy (non-hydrogen) atoms. The summed E-state index contributed by atoms with van der Waals surface area (Å²) in [5.41, 5.74) is 3.31. The fourth-order valence-electron chi connectivity index (χ4n) is 2.02. The van der Waals surface area contributed by atoms with Crippen LogP contribution < -0.4 is 0 Å². The fraction of sp³-hybridized carbons (Fsp3) is 0.312.